The molecule has 0 bridgehead atoms. The van der Waals surface area contributed by atoms with Crippen LogP contribution in [0.4, 0.5) is 5.69 Å². The first-order valence-electron chi connectivity index (χ1n) is 12.3. The first kappa shape index (κ1) is 23.3. The molecule has 0 fully saturated rings. The summed E-state index contributed by atoms with van der Waals surface area (Å²) < 4.78 is 0. The molecule has 0 saturated carbocycles. The number of alkyl halides is 1. The van der Waals surface area contributed by atoms with Crippen LogP contribution in [0.15, 0.2) is 78.9 Å². The summed E-state index contributed by atoms with van der Waals surface area (Å²) in [6.07, 6.45) is 0.288. The van der Waals surface area contributed by atoms with E-state index in [1.807, 2.05) is 79.7 Å². The second-order valence-electron chi connectivity index (χ2n) is 9.71. The van der Waals surface area contributed by atoms with Gasteiger partial charge in [-0.1, -0.05) is 60.2 Å². The van der Waals surface area contributed by atoms with Crippen molar-refractivity contribution in [2.45, 2.75) is 19.3 Å². The minimum atomic E-state index is -0.183. The van der Waals surface area contributed by atoms with Gasteiger partial charge in [-0.15, -0.1) is 11.6 Å². The lowest BCUT2D eigenvalue weighted by Crippen LogP contribution is -2.30. The number of nitrogens with one attached hydrogen (secondary N) is 1. The Hall–Kier alpha value is -4.09. The summed E-state index contributed by atoms with van der Waals surface area (Å²) >= 11 is 6.33. The Labute approximate surface area is 219 Å². The van der Waals surface area contributed by atoms with Gasteiger partial charge in [-0.2, -0.15) is 0 Å². The SMILES string of the molecule is Cc1ccc(C(=O)Cc2ccc3[nH]c(C(=O)N4C[C@@H](CCl)c5c4cc(O)c4ccccc54)cc3c2)cc1. The van der Waals surface area contributed by atoms with E-state index in [0.717, 1.165) is 38.4 Å². The monoisotopic (exact) mass is 508 g/mol. The number of halogens is 1. The van der Waals surface area contributed by atoms with E-state index >= 15 is 0 Å². The fourth-order valence-corrected chi connectivity index (χ4v) is 5.58. The second-order valence-corrected chi connectivity index (χ2v) is 10.0. The van der Waals surface area contributed by atoms with Crippen molar-refractivity contribution in [3.63, 3.8) is 0 Å². The summed E-state index contributed by atoms with van der Waals surface area (Å²) in [5.74, 6) is 0.351. The Morgan fingerprint density at radius 3 is 2.51 bits per heavy atom. The third-order valence-corrected chi connectivity index (χ3v) is 7.60. The van der Waals surface area contributed by atoms with Gasteiger partial charge in [-0.25, -0.2) is 0 Å². The number of fused-ring (bicyclic) bond motifs is 4. The molecule has 6 heteroatoms. The summed E-state index contributed by atoms with van der Waals surface area (Å²) in [6, 6.07) is 24.5. The molecule has 2 N–H and O–H groups in total. The predicted octanol–water partition coefficient (Wildman–Crippen LogP) is 6.74. The quantitative estimate of drug-likeness (QED) is 0.204. The molecule has 0 radical (unpaired) electrons. The number of amides is 1. The van der Waals surface area contributed by atoms with Gasteiger partial charge in [0.1, 0.15) is 11.4 Å². The second kappa shape index (κ2) is 9.09. The number of H-pyrrole nitrogens is 1. The van der Waals surface area contributed by atoms with Gasteiger partial charge in [0, 0.05) is 52.7 Å². The number of benzene rings is 4. The maximum absolute atomic E-state index is 13.7. The fourth-order valence-electron chi connectivity index (χ4n) is 5.32. The number of Topliss-reactive ketones (excluding diaryl/α,β-unsaturated/α-hetero) is 1. The van der Waals surface area contributed by atoms with Crippen LogP contribution in [0.3, 0.4) is 0 Å². The Kier molecular flexibility index (Phi) is 5.73. The van der Waals surface area contributed by atoms with Crippen LogP contribution in [0.5, 0.6) is 5.75 Å². The number of nitrogens with zero attached hydrogens (tertiary/aromatic N) is 1. The summed E-state index contributed by atoms with van der Waals surface area (Å²) in [5.41, 5.74) is 5.65. The molecule has 1 atom stereocenters. The normalized spacial score (nSPS) is 14.9. The first-order valence-corrected chi connectivity index (χ1v) is 12.8. The Balaban J connectivity index is 1.31. The predicted molar refractivity (Wildman–Crippen MR) is 148 cm³/mol. The standard InChI is InChI=1S/C31H25ClN2O3/c1-18-6-9-20(10-7-18)28(35)13-19-8-11-25-21(12-19)14-26(33-25)31(37)34-17-22(16-32)30-24-5-3-2-4-23(24)29(36)15-27(30)34/h2-12,14-15,22,33,36H,13,16-17H2,1H3/t22-/m1/s1. The maximum Gasteiger partial charge on any atom is 0.274 e. The molecule has 37 heavy (non-hydrogen) atoms. The van der Waals surface area contributed by atoms with Crippen molar-refractivity contribution < 1.29 is 14.7 Å². The number of aromatic nitrogens is 1. The molecule has 0 saturated heterocycles. The number of aromatic amines is 1. The number of rotatable bonds is 5. The smallest absolute Gasteiger partial charge is 0.274 e. The van der Waals surface area contributed by atoms with E-state index in [-0.39, 0.29) is 29.8 Å². The topological polar surface area (TPSA) is 73.4 Å². The van der Waals surface area contributed by atoms with E-state index in [4.69, 9.17) is 11.6 Å². The van der Waals surface area contributed by atoms with Gasteiger partial charge < -0.3 is 15.0 Å². The van der Waals surface area contributed by atoms with Crippen LogP contribution in [-0.4, -0.2) is 34.2 Å². The van der Waals surface area contributed by atoms with E-state index in [2.05, 4.69) is 4.98 Å². The van der Waals surface area contributed by atoms with Gasteiger partial charge in [0.25, 0.3) is 5.91 Å². The molecule has 2 heterocycles. The summed E-state index contributed by atoms with van der Waals surface area (Å²) in [6.45, 7) is 2.44. The van der Waals surface area contributed by atoms with Gasteiger partial charge in [-0.05, 0) is 41.6 Å². The number of phenols is 1. The van der Waals surface area contributed by atoms with Crippen LogP contribution in [0, 0.1) is 6.92 Å². The van der Waals surface area contributed by atoms with Crippen LogP contribution in [0.2, 0.25) is 0 Å². The summed E-state index contributed by atoms with van der Waals surface area (Å²) in [7, 11) is 0. The minimum absolute atomic E-state index is 0.0325. The lowest BCUT2D eigenvalue weighted by molar-refractivity contribution is 0.0979. The van der Waals surface area contributed by atoms with Crippen LogP contribution in [0.25, 0.3) is 21.7 Å². The van der Waals surface area contributed by atoms with Crippen molar-refractivity contribution in [3.05, 3.63) is 107 Å². The number of carbonyl (C=O) groups is 2. The van der Waals surface area contributed by atoms with Crippen molar-refractivity contribution in [1.29, 1.82) is 0 Å². The van der Waals surface area contributed by atoms with Crippen molar-refractivity contribution in [1.82, 2.24) is 4.98 Å². The number of carbonyl (C=O) groups excluding carboxylic acids is 2. The van der Waals surface area contributed by atoms with Crippen molar-refractivity contribution >= 4 is 50.7 Å². The van der Waals surface area contributed by atoms with Gasteiger partial charge in [-0.3, -0.25) is 9.59 Å². The number of phenolic OH excluding ortho intramolecular Hbond substituents is 1. The Morgan fingerprint density at radius 1 is 1.00 bits per heavy atom. The average molecular weight is 509 g/mol. The van der Waals surface area contributed by atoms with E-state index < -0.39 is 0 Å². The lowest BCUT2D eigenvalue weighted by Gasteiger charge is -2.17. The molecule has 184 valence electrons. The van der Waals surface area contributed by atoms with Crippen LogP contribution in [0.1, 0.15) is 43.5 Å². The molecule has 0 unspecified atom stereocenters. The van der Waals surface area contributed by atoms with E-state index in [0.29, 0.717) is 29.4 Å². The zero-order valence-corrected chi connectivity index (χ0v) is 21.0. The van der Waals surface area contributed by atoms with Gasteiger partial charge >= 0.3 is 0 Å². The molecule has 0 spiro atoms. The number of anilines is 1. The fraction of sp³-hybridized carbons (Fsp3) is 0.161. The van der Waals surface area contributed by atoms with E-state index in [1.54, 1.807) is 11.0 Å². The summed E-state index contributed by atoms with van der Waals surface area (Å²) in [5, 5.41) is 13.2. The molecular formula is C31H25ClN2O3. The number of ketones is 1. The summed E-state index contributed by atoms with van der Waals surface area (Å²) in [4.78, 5) is 31.4. The highest BCUT2D eigenvalue weighted by molar-refractivity contribution is 6.19. The van der Waals surface area contributed by atoms with Crippen molar-refractivity contribution in [2.75, 3.05) is 17.3 Å². The van der Waals surface area contributed by atoms with Crippen LogP contribution < -0.4 is 4.90 Å². The van der Waals surface area contributed by atoms with Gasteiger partial charge in [0.05, 0.1) is 5.69 Å². The highest BCUT2D eigenvalue weighted by Gasteiger charge is 2.35. The number of hydrogen-bond acceptors (Lipinski definition) is 3. The highest BCUT2D eigenvalue weighted by atomic mass is 35.5. The van der Waals surface area contributed by atoms with Crippen LogP contribution in [-0.2, 0) is 6.42 Å². The Morgan fingerprint density at radius 2 is 1.76 bits per heavy atom. The molecule has 1 aromatic heterocycles. The molecule has 5 aromatic rings. The average Bonchev–Trinajstić information content (AvgIpc) is 3.50. The maximum atomic E-state index is 13.7. The molecule has 5 nitrogen and oxygen atoms in total. The lowest BCUT2D eigenvalue weighted by atomic mass is 9.95. The van der Waals surface area contributed by atoms with Crippen LogP contribution >= 0.6 is 11.6 Å². The number of aromatic hydroxyl groups is 1. The molecule has 6 rings (SSSR count). The minimum Gasteiger partial charge on any atom is -0.507 e. The third kappa shape index (κ3) is 4.05. The zero-order valence-electron chi connectivity index (χ0n) is 20.3. The number of aryl methyl sites for hydroxylation is 1. The zero-order chi connectivity index (χ0) is 25.7. The van der Waals surface area contributed by atoms with Gasteiger partial charge in [0.15, 0.2) is 5.78 Å². The third-order valence-electron chi connectivity index (χ3n) is 7.23. The Bertz CT molecular complexity index is 1690. The van der Waals surface area contributed by atoms with Crippen molar-refractivity contribution in [3.8, 4) is 5.75 Å². The highest BCUT2D eigenvalue weighted by Crippen LogP contribution is 2.45. The van der Waals surface area contributed by atoms with E-state index in [9.17, 15) is 14.7 Å². The number of hydrogen-bond donors (Lipinski definition) is 2. The molecular weight excluding hydrogens is 484 g/mol. The largest absolute Gasteiger partial charge is 0.507 e. The molecule has 0 aliphatic carbocycles. The first-order chi connectivity index (χ1) is 17.9. The molecule has 4 aromatic carbocycles. The molecule has 1 aliphatic heterocycles. The molecule has 1 aliphatic rings. The van der Waals surface area contributed by atoms with E-state index in [1.165, 1.54) is 0 Å². The van der Waals surface area contributed by atoms with Gasteiger partial charge in [0.2, 0.25) is 0 Å². The molecule has 1 amide bonds. The van der Waals surface area contributed by atoms with Crippen molar-refractivity contribution in [2.24, 2.45) is 0 Å².